The second kappa shape index (κ2) is 4.32. The smallest absolute Gasteiger partial charge is 0.000429 e. The Bertz CT molecular complexity index is 127. The maximum atomic E-state index is 2.24. The highest BCUT2D eigenvalue weighted by Crippen LogP contribution is 2.18. The fraction of sp³-hybridized carbons (Fsp3) is 0.600. The van der Waals surface area contributed by atoms with Crippen molar-refractivity contribution in [1.82, 2.24) is 0 Å². The molecule has 0 amide bonds. The molecule has 0 heteroatoms. The SMILES string of the molecule is CC=CC(C)(C)C=CCC. The van der Waals surface area contributed by atoms with Crippen molar-refractivity contribution in [1.29, 1.82) is 0 Å². The molecule has 0 aliphatic carbocycles. The number of rotatable bonds is 3. The fourth-order valence-corrected chi connectivity index (χ4v) is 0.907. The second-order valence-electron chi connectivity index (χ2n) is 3.13. The molecule has 0 aliphatic heterocycles. The van der Waals surface area contributed by atoms with Crippen molar-refractivity contribution in [3.63, 3.8) is 0 Å². The van der Waals surface area contributed by atoms with Crippen LogP contribution in [0.25, 0.3) is 0 Å². The highest BCUT2D eigenvalue weighted by Gasteiger charge is 2.06. The third-order valence-corrected chi connectivity index (χ3v) is 1.38. The molecule has 0 saturated heterocycles. The van der Waals surface area contributed by atoms with E-state index in [1.54, 1.807) is 0 Å². The van der Waals surface area contributed by atoms with Crippen LogP contribution in [0.15, 0.2) is 24.3 Å². The zero-order valence-electron chi connectivity index (χ0n) is 7.52. The highest BCUT2D eigenvalue weighted by atomic mass is 14.1. The van der Waals surface area contributed by atoms with E-state index in [4.69, 9.17) is 0 Å². The molecule has 0 aromatic carbocycles. The van der Waals surface area contributed by atoms with Gasteiger partial charge in [0.05, 0.1) is 0 Å². The van der Waals surface area contributed by atoms with Crippen LogP contribution in [-0.2, 0) is 0 Å². The summed E-state index contributed by atoms with van der Waals surface area (Å²) in [6, 6.07) is 0. The minimum Gasteiger partial charge on any atom is -0.0908 e. The highest BCUT2D eigenvalue weighted by molar-refractivity contribution is 5.06. The Kier molecular flexibility index (Phi) is 4.10. The predicted molar refractivity (Wildman–Crippen MR) is 48.0 cm³/mol. The summed E-state index contributed by atoms with van der Waals surface area (Å²) in [5.74, 6) is 0. The van der Waals surface area contributed by atoms with Crippen LogP contribution in [0.3, 0.4) is 0 Å². The molecule has 0 nitrogen and oxygen atoms in total. The number of allylic oxidation sites excluding steroid dienone is 4. The van der Waals surface area contributed by atoms with Crippen molar-refractivity contribution >= 4 is 0 Å². The summed E-state index contributed by atoms with van der Waals surface area (Å²) in [7, 11) is 0. The van der Waals surface area contributed by atoms with Crippen LogP contribution in [0.5, 0.6) is 0 Å². The van der Waals surface area contributed by atoms with E-state index in [9.17, 15) is 0 Å². The van der Waals surface area contributed by atoms with Gasteiger partial charge in [-0.15, -0.1) is 0 Å². The Hall–Kier alpha value is -0.520. The summed E-state index contributed by atoms with van der Waals surface area (Å²) >= 11 is 0. The van der Waals surface area contributed by atoms with Gasteiger partial charge in [-0.1, -0.05) is 45.1 Å². The third kappa shape index (κ3) is 4.37. The topological polar surface area (TPSA) is 0 Å². The normalized spacial score (nSPS) is 13.6. The van der Waals surface area contributed by atoms with Gasteiger partial charge in [0.2, 0.25) is 0 Å². The monoisotopic (exact) mass is 138 g/mol. The Morgan fingerprint density at radius 2 is 1.80 bits per heavy atom. The van der Waals surface area contributed by atoms with Crippen molar-refractivity contribution < 1.29 is 0 Å². The third-order valence-electron chi connectivity index (χ3n) is 1.38. The molecule has 0 spiro atoms. The first-order valence-electron chi connectivity index (χ1n) is 3.94. The van der Waals surface area contributed by atoms with Crippen LogP contribution in [0.2, 0.25) is 0 Å². The number of hydrogen-bond acceptors (Lipinski definition) is 0. The first kappa shape index (κ1) is 9.48. The molecule has 0 saturated carbocycles. The van der Waals surface area contributed by atoms with Crippen molar-refractivity contribution in [3.05, 3.63) is 24.3 Å². The lowest BCUT2D eigenvalue weighted by Gasteiger charge is -2.13. The van der Waals surface area contributed by atoms with Crippen molar-refractivity contribution in [2.24, 2.45) is 5.41 Å². The van der Waals surface area contributed by atoms with Crippen molar-refractivity contribution in [3.8, 4) is 0 Å². The molecule has 0 radical (unpaired) electrons. The first-order valence-corrected chi connectivity index (χ1v) is 3.94. The van der Waals surface area contributed by atoms with Crippen LogP contribution >= 0.6 is 0 Å². The lowest BCUT2D eigenvalue weighted by molar-refractivity contribution is 0.622. The second-order valence-corrected chi connectivity index (χ2v) is 3.13. The van der Waals surface area contributed by atoms with Gasteiger partial charge in [-0.3, -0.25) is 0 Å². The van der Waals surface area contributed by atoms with Crippen molar-refractivity contribution in [2.45, 2.75) is 34.1 Å². The molecule has 0 aromatic heterocycles. The fourth-order valence-electron chi connectivity index (χ4n) is 0.907. The number of hydrogen-bond donors (Lipinski definition) is 0. The summed E-state index contributed by atoms with van der Waals surface area (Å²) in [5, 5.41) is 0. The van der Waals surface area contributed by atoms with Gasteiger partial charge in [-0.2, -0.15) is 0 Å². The quantitative estimate of drug-likeness (QED) is 0.523. The molecular formula is C10H18. The van der Waals surface area contributed by atoms with Crippen LogP contribution in [0, 0.1) is 5.41 Å². The molecule has 0 heterocycles. The molecule has 58 valence electrons. The van der Waals surface area contributed by atoms with E-state index in [0.29, 0.717) is 0 Å². The van der Waals surface area contributed by atoms with Crippen molar-refractivity contribution in [2.75, 3.05) is 0 Å². The lowest BCUT2D eigenvalue weighted by atomic mass is 9.92. The average Bonchev–Trinajstić information content (AvgIpc) is 1.84. The van der Waals surface area contributed by atoms with E-state index in [2.05, 4.69) is 52.0 Å². The molecule has 0 fully saturated rings. The standard InChI is InChI=1S/C10H18/c1-5-7-9-10(3,4)8-6-2/h6-9H,5H2,1-4H3. The van der Waals surface area contributed by atoms with E-state index in [1.807, 2.05) is 0 Å². The van der Waals surface area contributed by atoms with E-state index >= 15 is 0 Å². The largest absolute Gasteiger partial charge is 0.0908 e. The molecule has 0 aromatic rings. The average molecular weight is 138 g/mol. The van der Waals surface area contributed by atoms with Gasteiger partial charge in [-0.25, -0.2) is 0 Å². The summed E-state index contributed by atoms with van der Waals surface area (Å²) in [6.07, 6.45) is 9.88. The zero-order chi connectivity index (χ0) is 8.04. The summed E-state index contributed by atoms with van der Waals surface area (Å²) < 4.78 is 0. The summed E-state index contributed by atoms with van der Waals surface area (Å²) in [5.41, 5.74) is 0.241. The van der Waals surface area contributed by atoms with Gasteiger partial charge >= 0.3 is 0 Å². The van der Waals surface area contributed by atoms with E-state index in [-0.39, 0.29) is 5.41 Å². The summed E-state index contributed by atoms with van der Waals surface area (Å²) in [4.78, 5) is 0. The van der Waals surface area contributed by atoms with Crippen LogP contribution in [0.4, 0.5) is 0 Å². The summed E-state index contributed by atoms with van der Waals surface area (Å²) in [6.45, 7) is 8.63. The van der Waals surface area contributed by atoms with E-state index in [0.717, 1.165) is 6.42 Å². The Balaban J connectivity index is 3.98. The van der Waals surface area contributed by atoms with Gasteiger partial charge in [0.15, 0.2) is 0 Å². The maximum absolute atomic E-state index is 2.24. The molecular weight excluding hydrogens is 120 g/mol. The molecule has 0 atom stereocenters. The minimum absolute atomic E-state index is 0.241. The van der Waals surface area contributed by atoms with Gasteiger partial charge in [0, 0.05) is 5.41 Å². The minimum atomic E-state index is 0.241. The van der Waals surface area contributed by atoms with E-state index < -0.39 is 0 Å². The Morgan fingerprint density at radius 1 is 1.20 bits per heavy atom. The van der Waals surface area contributed by atoms with Gasteiger partial charge in [-0.05, 0) is 13.3 Å². The zero-order valence-corrected chi connectivity index (χ0v) is 7.52. The van der Waals surface area contributed by atoms with E-state index in [1.165, 1.54) is 0 Å². The molecule has 0 rings (SSSR count). The molecule has 0 aliphatic rings. The predicted octanol–water partition coefficient (Wildman–Crippen LogP) is 3.55. The van der Waals surface area contributed by atoms with Gasteiger partial charge in [0.25, 0.3) is 0 Å². The molecule has 0 unspecified atom stereocenters. The van der Waals surface area contributed by atoms with Crippen LogP contribution in [0.1, 0.15) is 34.1 Å². The molecule has 10 heavy (non-hydrogen) atoms. The Labute approximate surface area is 64.6 Å². The lowest BCUT2D eigenvalue weighted by Crippen LogP contribution is -2.01. The van der Waals surface area contributed by atoms with Crippen LogP contribution < -0.4 is 0 Å². The van der Waals surface area contributed by atoms with Gasteiger partial charge in [0.1, 0.15) is 0 Å². The molecule has 0 N–H and O–H groups in total. The first-order chi connectivity index (χ1) is 4.62. The van der Waals surface area contributed by atoms with Gasteiger partial charge < -0.3 is 0 Å². The maximum Gasteiger partial charge on any atom is 0.000429 e. The Morgan fingerprint density at radius 3 is 2.20 bits per heavy atom. The molecule has 0 bridgehead atoms. The van der Waals surface area contributed by atoms with Crippen LogP contribution in [-0.4, -0.2) is 0 Å².